The number of phenolic OH excluding ortho intramolecular Hbond substituents is 1. The van der Waals surface area contributed by atoms with Crippen LogP contribution >= 0.6 is 0 Å². The molecule has 0 radical (unpaired) electrons. The minimum Gasteiger partial charge on any atom is -0.504 e. The summed E-state index contributed by atoms with van der Waals surface area (Å²) in [5.41, 5.74) is 0.354. The van der Waals surface area contributed by atoms with Crippen LogP contribution in [0.15, 0.2) is 18.2 Å². The van der Waals surface area contributed by atoms with Crippen molar-refractivity contribution in [2.45, 2.75) is 12.2 Å². The molecule has 6 heteroatoms. The summed E-state index contributed by atoms with van der Waals surface area (Å²) in [4.78, 5) is 0. The van der Waals surface area contributed by atoms with Gasteiger partial charge in [-0.15, -0.1) is 0 Å². The summed E-state index contributed by atoms with van der Waals surface area (Å²) in [5, 5.41) is 8.23. The lowest BCUT2D eigenvalue weighted by Gasteiger charge is -2.10. The Morgan fingerprint density at radius 3 is 2.47 bits per heavy atom. The van der Waals surface area contributed by atoms with Gasteiger partial charge in [-0.25, -0.2) is 0 Å². The van der Waals surface area contributed by atoms with E-state index in [2.05, 4.69) is 0 Å². The first kappa shape index (κ1) is 11.8. The fourth-order valence-electron chi connectivity index (χ4n) is 1.12. The monoisotopic (exact) mass is 232 g/mol. The van der Waals surface area contributed by atoms with Crippen molar-refractivity contribution in [3.8, 4) is 11.5 Å². The Balaban J connectivity index is 3.17. The predicted octanol–water partition coefficient (Wildman–Crippen LogP) is 1.35. The summed E-state index contributed by atoms with van der Waals surface area (Å²) in [6.07, 6.45) is 0. The van der Waals surface area contributed by atoms with Gasteiger partial charge in [0.2, 0.25) is 0 Å². The van der Waals surface area contributed by atoms with Gasteiger partial charge in [-0.05, 0) is 24.6 Å². The fourth-order valence-corrected chi connectivity index (χ4v) is 1.61. The van der Waals surface area contributed by atoms with Crippen LogP contribution < -0.4 is 4.74 Å². The van der Waals surface area contributed by atoms with Crippen molar-refractivity contribution in [2.24, 2.45) is 0 Å². The third kappa shape index (κ3) is 2.60. The Hall–Kier alpha value is -1.27. The van der Waals surface area contributed by atoms with Gasteiger partial charge in [0.1, 0.15) is 5.25 Å². The molecule has 0 aromatic heterocycles. The number of methoxy groups -OCH3 is 1. The lowest BCUT2D eigenvalue weighted by atomic mass is 10.1. The molecule has 1 atom stereocenters. The van der Waals surface area contributed by atoms with E-state index in [0.717, 1.165) is 0 Å². The number of phenols is 1. The second-order valence-corrected chi connectivity index (χ2v) is 4.83. The lowest BCUT2D eigenvalue weighted by Crippen LogP contribution is -2.08. The largest absolute Gasteiger partial charge is 0.504 e. The van der Waals surface area contributed by atoms with Crippen LogP contribution in [0.5, 0.6) is 11.5 Å². The van der Waals surface area contributed by atoms with Gasteiger partial charge in [-0.3, -0.25) is 4.55 Å². The van der Waals surface area contributed by atoms with Crippen LogP contribution in [0, 0.1) is 0 Å². The van der Waals surface area contributed by atoms with Crippen molar-refractivity contribution in [1.29, 1.82) is 0 Å². The molecule has 1 aromatic rings. The maximum absolute atomic E-state index is 10.9. The summed E-state index contributed by atoms with van der Waals surface area (Å²) >= 11 is 0. The number of rotatable bonds is 3. The van der Waals surface area contributed by atoms with Gasteiger partial charge < -0.3 is 9.84 Å². The van der Waals surface area contributed by atoms with Gasteiger partial charge in [0, 0.05) is 0 Å². The summed E-state index contributed by atoms with van der Waals surface area (Å²) in [5.74, 6) is 0.0896. The second-order valence-electron chi connectivity index (χ2n) is 3.09. The zero-order chi connectivity index (χ0) is 11.6. The van der Waals surface area contributed by atoms with Crippen molar-refractivity contribution in [3.05, 3.63) is 23.8 Å². The third-order valence-corrected chi connectivity index (χ3v) is 3.29. The summed E-state index contributed by atoms with van der Waals surface area (Å²) in [7, 11) is -2.77. The molecular formula is C9H12O5S. The summed E-state index contributed by atoms with van der Waals surface area (Å²) in [6, 6.07) is 4.10. The van der Waals surface area contributed by atoms with E-state index in [0.29, 0.717) is 5.56 Å². The molecule has 0 bridgehead atoms. The molecule has 15 heavy (non-hydrogen) atoms. The van der Waals surface area contributed by atoms with Crippen molar-refractivity contribution in [3.63, 3.8) is 0 Å². The fraction of sp³-hybridized carbons (Fsp3) is 0.333. The van der Waals surface area contributed by atoms with Crippen LogP contribution in [0.1, 0.15) is 17.7 Å². The topological polar surface area (TPSA) is 83.8 Å². The Kier molecular flexibility index (Phi) is 3.21. The lowest BCUT2D eigenvalue weighted by molar-refractivity contribution is 0.373. The molecule has 0 saturated heterocycles. The maximum atomic E-state index is 10.9. The highest BCUT2D eigenvalue weighted by atomic mass is 32.2. The van der Waals surface area contributed by atoms with Gasteiger partial charge >= 0.3 is 0 Å². The molecule has 2 N–H and O–H groups in total. The van der Waals surface area contributed by atoms with Crippen molar-refractivity contribution >= 4 is 10.1 Å². The van der Waals surface area contributed by atoms with Gasteiger partial charge in [0.15, 0.2) is 11.5 Å². The van der Waals surface area contributed by atoms with E-state index in [1.165, 1.54) is 32.2 Å². The number of aromatic hydroxyl groups is 1. The molecule has 0 spiro atoms. The second kappa shape index (κ2) is 4.08. The van der Waals surface area contributed by atoms with Crippen LogP contribution in [-0.2, 0) is 10.1 Å². The smallest absolute Gasteiger partial charge is 0.271 e. The summed E-state index contributed by atoms with van der Waals surface area (Å²) in [6.45, 7) is 1.35. The van der Waals surface area contributed by atoms with Gasteiger partial charge in [-0.2, -0.15) is 8.42 Å². The molecule has 1 unspecified atom stereocenters. The Morgan fingerprint density at radius 2 is 2.00 bits per heavy atom. The van der Waals surface area contributed by atoms with Crippen molar-refractivity contribution in [1.82, 2.24) is 0 Å². The molecule has 0 saturated carbocycles. The molecule has 1 aromatic carbocycles. The quantitative estimate of drug-likeness (QED) is 0.768. The van der Waals surface area contributed by atoms with Crippen molar-refractivity contribution < 1.29 is 22.8 Å². The van der Waals surface area contributed by atoms with E-state index in [4.69, 9.17) is 9.29 Å². The van der Waals surface area contributed by atoms with E-state index >= 15 is 0 Å². The van der Waals surface area contributed by atoms with E-state index in [-0.39, 0.29) is 11.5 Å². The molecule has 0 aliphatic heterocycles. The van der Waals surface area contributed by atoms with Crippen LogP contribution in [0.3, 0.4) is 0 Å². The highest BCUT2D eigenvalue weighted by molar-refractivity contribution is 7.86. The molecule has 84 valence electrons. The minimum atomic E-state index is -4.13. The molecule has 0 heterocycles. The predicted molar refractivity (Wildman–Crippen MR) is 54.6 cm³/mol. The van der Waals surface area contributed by atoms with E-state index in [1.54, 1.807) is 0 Å². The average molecular weight is 232 g/mol. The molecule has 0 fully saturated rings. The summed E-state index contributed by atoms with van der Waals surface area (Å²) < 4.78 is 35.4. The first-order valence-corrected chi connectivity index (χ1v) is 5.69. The first-order chi connectivity index (χ1) is 6.86. The number of ether oxygens (including phenoxy) is 1. The highest BCUT2D eigenvalue weighted by Gasteiger charge is 2.20. The SMILES string of the molecule is COc1cc(C(C)S(=O)(=O)O)ccc1O. The zero-order valence-corrected chi connectivity index (χ0v) is 9.15. The third-order valence-electron chi connectivity index (χ3n) is 2.12. The first-order valence-electron chi connectivity index (χ1n) is 4.19. The minimum absolute atomic E-state index is 0.0798. The van der Waals surface area contributed by atoms with Crippen LogP contribution in [0.25, 0.3) is 0 Å². The highest BCUT2D eigenvalue weighted by Crippen LogP contribution is 2.31. The van der Waals surface area contributed by atoms with Crippen LogP contribution in [0.2, 0.25) is 0 Å². The van der Waals surface area contributed by atoms with Gasteiger partial charge in [-0.1, -0.05) is 6.07 Å². The van der Waals surface area contributed by atoms with Crippen LogP contribution in [-0.4, -0.2) is 25.2 Å². The number of hydrogen-bond donors (Lipinski definition) is 2. The molecule has 5 nitrogen and oxygen atoms in total. The Bertz CT molecular complexity index is 452. The number of hydrogen-bond acceptors (Lipinski definition) is 4. The average Bonchev–Trinajstić information content (AvgIpc) is 2.16. The van der Waals surface area contributed by atoms with Gasteiger partial charge in [0.05, 0.1) is 7.11 Å². The number of benzene rings is 1. The molecule has 1 rings (SSSR count). The maximum Gasteiger partial charge on any atom is 0.271 e. The zero-order valence-electron chi connectivity index (χ0n) is 8.34. The van der Waals surface area contributed by atoms with E-state index < -0.39 is 15.4 Å². The van der Waals surface area contributed by atoms with Crippen LogP contribution in [0.4, 0.5) is 0 Å². The van der Waals surface area contributed by atoms with E-state index in [9.17, 15) is 13.5 Å². The standard InChI is InChI=1S/C9H12O5S/c1-6(15(11,12)13)7-3-4-8(10)9(5-7)14-2/h3-6,10H,1-2H3,(H,11,12,13). The molecular weight excluding hydrogens is 220 g/mol. The molecule has 0 aliphatic carbocycles. The van der Waals surface area contributed by atoms with E-state index in [1.807, 2.05) is 0 Å². The molecule has 0 aliphatic rings. The normalized spacial score (nSPS) is 13.5. The van der Waals surface area contributed by atoms with Gasteiger partial charge in [0.25, 0.3) is 10.1 Å². The molecule has 0 amide bonds. The Labute approximate surface area is 88.1 Å². The van der Waals surface area contributed by atoms with Crippen molar-refractivity contribution in [2.75, 3.05) is 7.11 Å². The Morgan fingerprint density at radius 1 is 1.40 bits per heavy atom.